The fourth-order valence-electron chi connectivity index (χ4n) is 3.33. The van der Waals surface area contributed by atoms with Crippen LogP contribution in [0.5, 0.6) is 0 Å². The van der Waals surface area contributed by atoms with Crippen molar-refractivity contribution >= 4 is 5.91 Å². The average Bonchev–Trinajstić information content (AvgIpc) is 2.89. The number of carbonyl (C=O) groups is 1. The minimum atomic E-state index is -0.149. The molecule has 2 heterocycles. The van der Waals surface area contributed by atoms with Gasteiger partial charge >= 0.3 is 0 Å². The van der Waals surface area contributed by atoms with Crippen LogP contribution in [0.1, 0.15) is 30.9 Å². The summed E-state index contributed by atoms with van der Waals surface area (Å²) in [7, 11) is 2.19. The lowest BCUT2D eigenvalue weighted by Gasteiger charge is -2.29. The van der Waals surface area contributed by atoms with Crippen LogP contribution in [0.25, 0.3) is 0 Å². The van der Waals surface area contributed by atoms with Crippen LogP contribution in [0.15, 0.2) is 30.3 Å². The Kier molecular flexibility index (Phi) is 4.56. The standard InChI is InChI=1S/C17H25N3O/c1-19-10-7-14(8-11-19)9-12-20-13-18-16(17(20)21)15-5-3-2-4-6-15/h2-6,14,16,18H,7-13H2,1H3. The highest BCUT2D eigenvalue weighted by Crippen LogP contribution is 2.23. The van der Waals surface area contributed by atoms with Gasteiger partial charge in [-0.1, -0.05) is 30.3 Å². The smallest absolute Gasteiger partial charge is 0.245 e. The Bertz CT molecular complexity index is 468. The normalized spacial score (nSPS) is 24.7. The van der Waals surface area contributed by atoms with Crippen molar-refractivity contribution in [1.29, 1.82) is 0 Å². The highest BCUT2D eigenvalue weighted by atomic mass is 16.2. The van der Waals surface area contributed by atoms with E-state index in [-0.39, 0.29) is 11.9 Å². The summed E-state index contributed by atoms with van der Waals surface area (Å²) >= 11 is 0. The first kappa shape index (κ1) is 14.5. The Labute approximate surface area is 127 Å². The molecule has 2 aliphatic rings. The summed E-state index contributed by atoms with van der Waals surface area (Å²) in [5.41, 5.74) is 1.07. The summed E-state index contributed by atoms with van der Waals surface area (Å²) in [6, 6.07) is 9.87. The average molecular weight is 287 g/mol. The van der Waals surface area contributed by atoms with Gasteiger partial charge < -0.3 is 9.80 Å². The minimum Gasteiger partial charge on any atom is -0.328 e. The molecule has 0 saturated carbocycles. The number of carbonyl (C=O) groups excluding carboxylic acids is 1. The van der Waals surface area contributed by atoms with E-state index in [0.717, 1.165) is 24.4 Å². The van der Waals surface area contributed by atoms with Crippen LogP contribution >= 0.6 is 0 Å². The van der Waals surface area contributed by atoms with Crippen molar-refractivity contribution in [2.24, 2.45) is 5.92 Å². The van der Waals surface area contributed by atoms with Crippen LogP contribution in [0.2, 0.25) is 0 Å². The Hall–Kier alpha value is -1.39. The minimum absolute atomic E-state index is 0.149. The molecule has 1 aromatic carbocycles. The van der Waals surface area contributed by atoms with Gasteiger partial charge in [-0.25, -0.2) is 0 Å². The third kappa shape index (κ3) is 3.44. The Morgan fingerprint density at radius 1 is 1.19 bits per heavy atom. The first-order chi connectivity index (χ1) is 10.2. The maximum atomic E-state index is 12.5. The molecular formula is C17H25N3O. The predicted molar refractivity (Wildman–Crippen MR) is 83.7 cm³/mol. The zero-order chi connectivity index (χ0) is 14.7. The number of benzene rings is 1. The number of piperidine rings is 1. The molecule has 1 aromatic rings. The SMILES string of the molecule is CN1CCC(CCN2CNC(c3ccccc3)C2=O)CC1. The zero-order valence-electron chi connectivity index (χ0n) is 12.8. The van der Waals surface area contributed by atoms with Crippen LogP contribution < -0.4 is 5.32 Å². The van der Waals surface area contributed by atoms with Gasteiger partial charge in [-0.2, -0.15) is 0 Å². The summed E-state index contributed by atoms with van der Waals surface area (Å²) in [6.45, 7) is 3.97. The number of hydrogen-bond donors (Lipinski definition) is 1. The molecule has 1 amide bonds. The monoisotopic (exact) mass is 287 g/mol. The van der Waals surface area contributed by atoms with E-state index in [1.165, 1.54) is 25.9 Å². The summed E-state index contributed by atoms with van der Waals surface area (Å²) in [6.07, 6.45) is 3.69. The Morgan fingerprint density at radius 3 is 2.62 bits per heavy atom. The second-order valence-corrected chi connectivity index (χ2v) is 6.34. The Morgan fingerprint density at radius 2 is 1.90 bits per heavy atom. The van der Waals surface area contributed by atoms with Gasteiger partial charge in [-0.15, -0.1) is 0 Å². The molecule has 0 aromatic heterocycles. The van der Waals surface area contributed by atoms with Crippen LogP contribution in [-0.4, -0.2) is 49.1 Å². The van der Waals surface area contributed by atoms with E-state index in [4.69, 9.17) is 0 Å². The molecule has 0 radical (unpaired) electrons. The fraction of sp³-hybridized carbons (Fsp3) is 0.588. The van der Waals surface area contributed by atoms with Gasteiger partial charge in [-0.3, -0.25) is 10.1 Å². The zero-order valence-corrected chi connectivity index (χ0v) is 12.8. The lowest BCUT2D eigenvalue weighted by molar-refractivity contribution is -0.129. The van der Waals surface area contributed by atoms with E-state index in [1.54, 1.807) is 0 Å². The maximum Gasteiger partial charge on any atom is 0.245 e. The molecule has 2 saturated heterocycles. The maximum absolute atomic E-state index is 12.5. The topological polar surface area (TPSA) is 35.6 Å². The number of nitrogens with zero attached hydrogens (tertiary/aromatic N) is 2. The van der Waals surface area contributed by atoms with Gasteiger partial charge in [-0.05, 0) is 50.9 Å². The second kappa shape index (κ2) is 6.58. The lowest BCUT2D eigenvalue weighted by atomic mass is 9.93. The van der Waals surface area contributed by atoms with Gasteiger partial charge in [0, 0.05) is 6.54 Å². The highest BCUT2D eigenvalue weighted by Gasteiger charge is 2.32. The second-order valence-electron chi connectivity index (χ2n) is 6.34. The van der Waals surface area contributed by atoms with Gasteiger partial charge in [0.05, 0.1) is 6.67 Å². The van der Waals surface area contributed by atoms with E-state index in [9.17, 15) is 4.79 Å². The molecule has 4 heteroatoms. The summed E-state index contributed by atoms with van der Waals surface area (Å²) < 4.78 is 0. The molecule has 114 valence electrons. The lowest BCUT2D eigenvalue weighted by Crippen LogP contribution is -2.33. The number of rotatable bonds is 4. The molecule has 1 atom stereocenters. The molecule has 4 nitrogen and oxygen atoms in total. The largest absolute Gasteiger partial charge is 0.328 e. The van der Waals surface area contributed by atoms with Crippen molar-refractivity contribution in [3.05, 3.63) is 35.9 Å². The summed E-state index contributed by atoms with van der Waals surface area (Å²) in [4.78, 5) is 16.9. The van der Waals surface area contributed by atoms with Crippen molar-refractivity contribution < 1.29 is 4.79 Å². The third-order valence-corrected chi connectivity index (χ3v) is 4.82. The van der Waals surface area contributed by atoms with Gasteiger partial charge in [0.1, 0.15) is 6.04 Å². The molecule has 1 N–H and O–H groups in total. The van der Waals surface area contributed by atoms with Crippen LogP contribution in [-0.2, 0) is 4.79 Å². The van der Waals surface area contributed by atoms with Crippen molar-refractivity contribution in [2.75, 3.05) is 33.4 Å². The quantitative estimate of drug-likeness (QED) is 0.918. The summed E-state index contributed by atoms with van der Waals surface area (Å²) in [5, 5.41) is 3.34. The molecule has 0 bridgehead atoms. The van der Waals surface area contributed by atoms with Gasteiger partial charge in [0.15, 0.2) is 0 Å². The molecule has 3 rings (SSSR count). The number of hydrogen-bond acceptors (Lipinski definition) is 3. The van der Waals surface area contributed by atoms with E-state index in [0.29, 0.717) is 6.67 Å². The molecule has 0 aliphatic carbocycles. The first-order valence-corrected chi connectivity index (χ1v) is 7.99. The molecule has 0 spiro atoms. The van der Waals surface area contributed by atoms with Crippen molar-refractivity contribution in [3.8, 4) is 0 Å². The third-order valence-electron chi connectivity index (χ3n) is 4.82. The molecule has 2 aliphatic heterocycles. The predicted octanol–water partition coefficient (Wildman–Crippen LogP) is 1.85. The van der Waals surface area contributed by atoms with Crippen molar-refractivity contribution in [2.45, 2.75) is 25.3 Å². The number of amides is 1. The van der Waals surface area contributed by atoms with Crippen LogP contribution in [0, 0.1) is 5.92 Å². The van der Waals surface area contributed by atoms with E-state index in [2.05, 4.69) is 17.3 Å². The van der Waals surface area contributed by atoms with Gasteiger partial charge in [0.2, 0.25) is 5.91 Å². The molecule has 1 unspecified atom stereocenters. The molecular weight excluding hydrogens is 262 g/mol. The van der Waals surface area contributed by atoms with Crippen LogP contribution in [0.3, 0.4) is 0 Å². The van der Waals surface area contributed by atoms with Crippen molar-refractivity contribution in [3.63, 3.8) is 0 Å². The number of nitrogens with one attached hydrogen (secondary N) is 1. The van der Waals surface area contributed by atoms with E-state index >= 15 is 0 Å². The van der Waals surface area contributed by atoms with E-state index in [1.807, 2.05) is 35.2 Å². The molecule has 21 heavy (non-hydrogen) atoms. The Balaban J connectivity index is 1.50. The van der Waals surface area contributed by atoms with Crippen LogP contribution in [0.4, 0.5) is 0 Å². The van der Waals surface area contributed by atoms with E-state index < -0.39 is 0 Å². The van der Waals surface area contributed by atoms with Crippen molar-refractivity contribution in [1.82, 2.24) is 15.1 Å². The highest BCUT2D eigenvalue weighted by molar-refractivity contribution is 5.85. The number of likely N-dealkylation sites (tertiary alicyclic amines) is 1. The summed E-state index contributed by atoms with van der Waals surface area (Å²) in [5.74, 6) is 1.01. The fourth-order valence-corrected chi connectivity index (χ4v) is 3.33. The first-order valence-electron chi connectivity index (χ1n) is 7.99. The molecule has 2 fully saturated rings. The van der Waals surface area contributed by atoms with Gasteiger partial charge in [0.25, 0.3) is 0 Å².